The number of likely N-dealkylation sites (N-methyl/N-ethyl adjacent to an activating group) is 1. The van der Waals surface area contributed by atoms with E-state index in [0.717, 1.165) is 12.6 Å². The molecule has 0 aromatic rings. The first kappa shape index (κ1) is 13.5. The van der Waals surface area contributed by atoms with Gasteiger partial charge in [-0.2, -0.15) is 0 Å². The van der Waals surface area contributed by atoms with E-state index in [1.54, 1.807) is 0 Å². The molecule has 1 atom stereocenters. The Morgan fingerprint density at radius 3 is 2.50 bits per heavy atom. The van der Waals surface area contributed by atoms with Gasteiger partial charge in [0.05, 0.1) is 6.54 Å². The Morgan fingerprint density at radius 1 is 1.38 bits per heavy atom. The molecule has 4 nitrogen and oxygen atoms in total. The summed E-state index contributed by atoms with van der Waals surface area (Å²) >= 11 is 0. The Labute approximate surface area is 98.8 Å². The first-order valence-corrected chi connectivity index (χ1v) is 6.22. The maximum absolute atomic E-state index is 11.4. The quantitative estimate of drug-likeness (QED) is 0.669. The van der Waals surface area contributed by atoms with Crippen molar-refractivity contribution in [1.29, 1.82) is 0 Å². The summed E-state index contributed by atoms with van der Waals surface area (Å²) in [5, 5.41) is 6.07. The summed E-state index contributed by atoms with van der Waals surface area (Å²) < 4.78 is 0. The lowest BCUT2D eigenvalue weighted by Crippen LogP contribution is -2.43. The van der Waals surface area contributed by atoms with Crippen molar-refractivity contribution in [2.45, 2.75) is 51.7 Å². The first-order valence-electron chi connectivity index (χ1n) is 6.22. The molecule has 1 amide bonds. The molecular formula is C12H25N3O. The number of carbonyl (C=O) groups is 1. The maximum Gasteiger partial charge on any atom is 0.234 e. The molecule has 0 aromatic heterocycles. The average Bonchev–Trinajstić information content (AvgIpc) is 2.98. The molecule has 0 aliphatic heterocycles. The lowest BCUT2D eigenvalue weighted by molar-refractivity contribution is -0.120. The summed E-state index contributed by atoms with van der Waals surface area (Å²) in [5.41, 5.74) is 0. The largest absolute Gasteiger partial charge is 0.353 e. The van der Waals surface area contributed by atoms with Crippen molar-refractivity contribution in [3.05, 3.63) is 0 Å². The molecule has 1 aliphatic carbocycles. The molecule has 94 valence electrons. The van der Waals surface area contributed by atoms with Gasteiger partial charge >= 0.3 is 0 Å². The molecule has 2 N–H and O–H groups in total. The van der Waals surface area contributed by atoms with Gasteiger partial charge in [-0.3, -0.25) is 9.69 Å². The Bertz CT molecular complexity index is 226. The molecule has 0 heterocycles. The van der Waals surface area contributed by atoms with E-state index in [1.165, 1.54) is 12.8 Å². The number of amides is 1. The second-order valence-electron chi connectivity index (χ2n) is 5.10. The second-order valence-corrected chi connectivity index (χ2v) is 5.10. The van der Waals surface area contributed by atoms with Crippen LogP contribution >= 0.6 is 0 Å². The van der Waals surface area contributed by atoms with Crippen LogP contribution < -0.4 is 10.6 Å². The molecule has 16 heavy (non-hydrogen) atoms. The smallest absolute Gasteiger partial charge is 0.234 e. The standard InChI is InChI=1S/C12H25N3O/c1-9(2)14-12(16)8-13-7-10(3)15(4)11-5-6-11/h9-11,13H,5-8H2,1-4H3,(H,14,16). The highest BCUT2D eigenvalue weighted by Gasteiger charge is 2.28. The van der Waals surface area contributed by atoms with E-state index >= 15 is 0 Å². The van der Waals surface area contributed by atoms with E-state index in [2.05, 4.69) is 29.5 Å². The molecule has 0 spiro atoms. The highest BCUT2D eigenvalue weighted by molar-refractivity contribution is 5.78. The molecule has 0 aromatic carbocycles. The van der Waals surface area contributed by atoms with Crippen molar-refractivity contribution in [1.82, 2.24) is 15.5 Å². The molecule has 1 rings (SSSR count). The molecular weight excluding hydrogens is 202 g/mol. The zero-order valence-corrected chi connectivity index (χ0v) is 10.9. The van der Waals surface area contributed by atoms with Gasteiger partial charge in [0.2, 0.25) is 5.91 Å². The van der Waals surface area contributed by atoms with E-state index in [1.807, 2.05) is 13.8 Å². The highest BCUT2D eigenvalue weighted by atomic mass is 16.1. The van der Waals surface area contributed by atoms with Crippen LogP contribution in [0.25, 0.3) is 0 Å². The van der Waals surface area contributed by atoms with Crippen molar-refractivity contribution in [3.8, 4) is 0 Å². The van der Waals surface area contributed by atoms with Crippen LogP contribution in [-0.4, -0.2) is 49.1 Å². The maximum atomic E-state index is 11.4. The summed E-state index contributed by atoms with van der Waals surface area (Å²) in [4.78, 5) is 13.8. The SMILES string of the molecule is CC(C)NC(=O)CNCC(C)N(C)C1CC1. The van der Waals surface area contributed by atoms with Crippen LogP contribution in [-0.2, 0) is 4.79 Å². The van der Waals surface area contributed by atoms with Gasteiger partial charge in [-0.1, -0.05) is 0 Å². The van der Waals surface area contributed by atoms with Gasteiger partial charge < -0.3 is 10.6 Å². The Kier molecular flexibility index (Phi) is 5.22. The Morgan fingerprint density at radius 2 is 2.00 bits per heavy atom. The minimum Gasteiger partial charge on any atom is -0.353 e. The number of hydrogen-bond donors (Lipinski definition) is 2. The fourth-order valence-corrected chi connectivity index (χ4v) is 1.75. The monoisotopic (exact) mass is 227 g/mol. The van der Waals surface area contributed by atoms with E-state index in [9.17, 15) is 4.79 Å². The molecule has 1 saturated carbocycles. The van der Waals surface area contributed by atoms with Crippen molar-refractivity contribution in [2.24, 2.45) is 0 Å². The molecule has 1 aliphatic rings. The predicted octanol–water partition coefficient (Wildman–Crippen LogP) is 0.583. The number of hydrogen-bond acceptors (Lipinski definition) is 3. The normalized spacial score (nSPS) is 17.9. The zero-order chi connectivity index (χ0) is 12.1. The third kappa shape index (κ3) is 4.94. The van der Waals surface area contributed by atoms with Crippen LogP contribution in [0.2, 0.25) is 0 Å². The fraction of sp³-hybridized carbons (Fsp3) is 0.917. The number of rotatable bonds is 7. The van der Waals surface area contributed by atoms with Crippen molar-refractivity contribution in [2.75, 3.05) is 20.1 Å². The summed E-state index contributed by atoms with van der Waals surface area (Å²) in [7, 11) is 2.16. The number of nitrogens with one attached hydrogen (secondary N) is 2. The van der Waals surface area contributed by atoms with Crippen LogP contribution in [0.5, 0.6) is 0 Å². The first-order chi connectivity index (χ1) is 7.50. The minimum absolute atomic E-state index is 0.0799. The zero-order valence-electron chi connectivity index (χ0n) is 10.9. The second kappa shape index (κ2) is 6.21. The lowest BCUT2D eigenvalue weighted by atomic mass is 10.3. The van der Waals surface area contributed by atoms with E-state index in [-0.39, 0.29) is 11.9 Å². The van der Waals surface area contributed by atoms with Crippen LogP contribution in [0.1, 0.15) is 33.6 Å². The number of nitrogens with zero attached hydrogens (tertiary/aromatic N) is 1. The molecule has 0 radical (unpaired) electrons. The summed E-state index contributed by atoms with van der Waals surface area (Å²) in [5.74, 6) is 0.0799. The average molecular weight is 227 g/mol. The highest BCUT2D eigenvalue weighted by Crippen LogP contribution is 2.26. The summed E-state index contributed by atoms with van der Waals surface area (Å²) in [6, 6.07) is 1.50. The molecule has 1 fully saturated rings. The summed E-state index contributed by atoms with van der Waals surface area (Å²) in [6.07, 6.45) is 2.66. The minimum atomic E-state index is 0.0799. The fourth-order valence-electron chi connectivity index (χ4n) is 1.75. The van der Waals surface area contributed by atoms with Crippen LogP contribution in [0.3, 0.4) is 0 Å². The third-order valence-electron chi connectivity index (χ3n) is 2.99. The van der Waals surface area contributed by atoms with Crippen LogP contribution in [0.15, 0.2) is 0 Å². The van der Waals surface area contributed by atoms with E-state index < -0.39 is 0 Å². The van der Waals surface area contributed by atoms with Crippen molar-refractivity contribution < 1.29 is 4.79 Å². The topological polar surface area (TPSA) is 44.4 Å². The lowest BCUT2D eigenvalue weighted by Gasteiger charge is -2.24. The van der Waals surface area contributed by atoms with Crippen LogP contribution in [0.4, 0.5) is 0 Å². The molecule has 0 bridgehead atoms. The molecule has 1 unspecified atom stereocenters. The van der Waals surface area contributed by atoms with Gasteiger partial charge in [-0.15, -0.1) is 0 Å². The molecule has 4 heteroatoms. The Hall–Kier alpha value is -0.610. The van der Waals surface area contributed by atoms with E-state index in [0.29, 0.717) is 12.6 Å². The third-order valence-corrected chi connectivity index (χ3v) is 2.99. The predicted molar refractivity (Wildman–Crippen MR) is 66.4 cm³/mol. The van der Waals surface area contributed by atoms with Gasteiger partial charge in [0.15, 0.2) is 0 Å². The van der Waals surface area contributed by atoms with Gasteiger partial charge in [0.1, 0.15) is 0 Å². The van der Waals surface area contributed by atoms with Crippen LogP contribution in [0, 0.1) is 0 Å². The van der Waals surface area contributed by atoms with Gasteiger partial charge in [-0.25, -0.2) is 0 Å². The van der Waals surface area contributed by atoms with Crippen molar-refractivity contribution >= 4 is 5.91 Å². The summed E-state index contributed by atoms with van der Waals surface area (Å²) in [6.45, 7) is 7.44. The van der Waals surface area contributed by atoms with Gasteiger partial charge in [0, 0.05) is 24.7 Å². The van der Waals surface area contributed by atoms with Gasteiger partial charge in [-0.05, 0) is 40.7 Å². The van der Waals surface area contributed by atoms with E-state index in [4.69, 9.17) is 0 Å². The Balaban J connectivity index is 2.07. The van der Waals surface area contributed by atoms with Gasteiger partial charge in [0.25, 0.3) is 0 Å². The van der Waals surface area contributed by atoms with Crippen molar-refractivity contribution in [3.63, 3.8) is 0 Å². The molecule has 0 saturated heterocycles. The number of carbonyl (C=O) groups excluding carboxylic acids is 1.